The van der Waals surface area contributed by atoms with E-state index in [-0.39, 0.29) is 17.4 Å². The summed E-state index contributed by atoms with van der Waals surface area (Å²) in [7, 11) is 3.43. The van der Waals surface area contributed by atoms with Gasteiger partial charge in [-0.1, -0.05) is 24.3 Å². The first-order valence-corrected chi connectivity index (χ1v) is 8.26. The van der Waals surface area contributed by atoms with Crippen LogP contribution in [0.2, 0.25) is 0 Å². The Hall–Kier alpha value is -3.15. The molecule has 0 aliphatic rings. The van der Waals surface area contributed by atoms with Crippen molar-refractivity contribution in [2.45, 2.75) is 19.3 Å². The fourth-order valence-electron chi connectivity index (χ4n) is 2.33. The van der Waals surface area contributed by atoms with Gasteiger partial charge >= 0.3 is 5.97 Å². The highest BCUT2D eigenvalue weighted by Gasteiger charge is 2.07. The molecule has 0 atom stereocenters. The number of carboxylic acid groups (broad SMARTS) is 1. The monoisotopic (exact) mass is 354 g/mol. The van der Waals surface area contributed by atoms with Crippen molar-refractivity contribution in [2.24, 2.45) is 0 Å². The molecule has 136 valence electrons. The highest BCUT2D eigenvalue weighted by molar-refractivity contribution is 5.91. The van der Waals surface area contributed by atoms with Gasteiger partial charge in [-0.2, -0.15) is 0 Å². The zero-order valence-corrected chi connectivity index (χ0v) is 14.9. The topological polar surface area (TPSA) is 86.7 Å². The van der Waals surface area contributed by atoms with Gasteiger partial charge in [-0.05, 0) is 41.8 Å². The van der Waals surface area contributed by atoms with Gasteiger partial charge in [0.25, 0.3) is 0 Å². The number of benzene rings is 2. The van der Waals surface area contributed by atoms with Crippen molar-refractivity contribution < 1.29 is 19.5 Å². The Morgan fingerprint density at radius 2 is 1.50 bits per heavy atom. The third kappa shape index (κ3) is 5.73. The summed E-state index contributed by atoms with van der Waals surface area (Å²) in [6.45, 7) is 0. The quantitative estimate of drug-likeness (QED) is 0.800. The van der Waals surface area contributed by atoms with Gasteiger partial charge in [0.05, 0.1) is 12.0 Å². The average Bonchev–Trinajstić information content (AvgIpc) is 2.62. The molecule has 0 spiro atoms. The summed E-state index contributed by atoms with van der Waals surface area (Å²) < 4.78 is 0. The molecule has 2 aromatic rings. The minimum absolute atomic E-state index is 0.0238. The highest BCUT2D eigenvalue weighted by atomic mass is 16.4. The lowest BCUT2D eigenvalue weighted by Crippen LogP contribution is -2.23. The van der Waals surface area contributed by atoms with E-state index in [0.29, 0.717) is 24.9 Å². The van der Waals surface area contributed by atoms with Gasteiger partial charge < -0.3 is 15.3 Å². The van der Waals surface area contributed by atoms with Crippen LogP contribution in [0.4, 0.5) is 5.69 Å². The Kier molecular flexibility index (Phi) is 6.49. The number of hydrogen-bond acceptors (Lipinski definition) is 3. The van der Waals surface area contributed by atoms with E-state index >= 15 is 0 Å². The van der Waals surface area contributed by atoms with E-state index < -0.39 is 5.97 Å². The fourth-order valence-corrected chi connectivity index (χ4v) is 2.33. The highest BCUT2D eigenvalue weighted by Crippen LogP contribution is 2.12. The SMILES string of the molecule is CN(C)C(=O)Cc1ccc(NC(=O)CCc2ccc(C(=O)O)cc2)cc1. The summed E-state index contributed by atoms with van der Waals surface area (Å²) >= 11 is 0. The predicted molar refractivity (Wildman–Crippen MR) is 99.2 cm³/mol. The molecule has 0 saturated heterocycles. The molecule has 0 heterocycles. The van der Waals surface area contributed by atoms with Crippen LogP contribution in [0.3, 0.4) is 0 Å². The smallest absolute Gasteiger partial charge is 0.335 e. The Morgan fingerprint density at radius 1 is 0.923 bits per heavy atom. The van der Waals surface area contributed by atoms with E-state index in [9.17, 15) is 14.4 Å². The first-order valence-electron chi connectivity index (χ1n) is 8.26. The molecule has 0 bridgehead atoms. The van der Waals surface area contributed by atoms with Gasteiger partial charge in [-0.15, -0.1) is 0 Å². The van der Waals surface area contributed by atoms with E-state index in [1.807, 2.05) is 12.1 Å². The van der Waals surface area contributed by atoms with Crippen LogP contribution in [0.5, 0.6) is 0 Å². The van der Waals surface area contributed by atoms with Crippen molar-refractivity contribution >= 4 is 23.5 Å². The van der Waals surface area contributed by atoms with Crippen molar-refractivity contribution in [3.05, 3.63) is 65.2 Å². The van der Waals surface area contributed by atoms with Crippen LogP contribution >= 0.6 is 0 Å². The number of nitrogens with zero attached hydrogens (tertiary/aromatic N) is 1. The Balaban J connectivity index is 1.83. The summed E-state index contributed by atoms with van der Waals surface area (Å²) in [5.41, 5.74) is 2.70. The van der Waals surface area contributed by atoms with Crippen LogP contribution in [0.1, 0.15) is 27.9 Å². The van der Waals surface area contributed by atoms with Gasteiger partial charge in [0.1, 0.15) is 0 Å². The van der Waals surface area contributed by atoms with Crippen LogP contribution < -0.4 is 5.32 Å². The zero-order chi connectivity index (χ0) is 19.1. The Bertz CT molecular complexity index is 780. The van der Waals surface area contributed by atoms with E-state index in [1.165, 1.54) is 12.1 Å². The van der Waals surface area contributed by atoms with Crippen LogP contribution in [0.15, 0.2) is 48.5 Å². The third-order valence-electron chi connectivity index (χ3n) is 3.93. The molecule has 0 aromatic heterocycles. The normalized spacial score (nSPS) is 10.2. The number of aryl methyl sites for hydroxylation is 1. The summed E-state index contributed by atoms with van der Waals surface area (Å²) in [5, 5.41) is 11.7. The lowest BCUT2D eigenvalue weighted by atomic mass is 10.1. The molecule has 0 aliphatic carbocycles. The summed E-state index contributed by atoms with van der Waals surface area (Å²) in [6.07, 6.45) is 1.15. The summed E-state index contributed by atoms with van der Waals surface area (Å²) in [6, 6.07) is 13.7. The van der Waals surface area contributed by atoms with Crippen molar-refractivity contribution in [1.29, 1.82) is 0 Å². The number of hydrogen-bond donors (Lipinski definition) is 2. The number of amides is 2. The molecule has 0 saturated carbocycles. The standard InChI is InChI=1S/C20H22N2O4/c1-22(2)19(24)13-15-5-10-17(11-6-15)21-18(23)12-7-14-3-8-16(9-4-14)20(25)26/h3-6,8-11H,7,12-13H2,1-2H3,(H,21,23)(H,25,26). The average molecular weight is 354 g/mol. The molecule has 2 N–H and O–H groups in total. The molecular formula is C20H22N2O4. The van der Waals surface area contributed by atoms with Gasteiger partial charge in [0.15, 0.2) is 0 Å². The second-order valence-electron chi connectivity index (χ2n) is 6.21. The minimum atomic E-state index is -0.968. The molecule has 0 unspecified atom stereocenters. The van der Waals surface area contributed by atoms with Gasteiger partial charge in [-0.25, -0.2) is 4.79 Å². The van der Waals surface area contributed by atoms with Gasteiger partial charge in [0.2, 0.25) is 11.8 Å². The maximum Gasteiger partial charge on any atom is 0.335 e. The van der Waals surface area contributed by atoms with E-state index in [1.54, 1.807) is 43.3 Å². The first-order chi connectivity index (χ1) is 12.3. The van der Waals surface area contributed by atoms with Crippen molar-refractivity contribution in [2.75, 3.05) is 19.4 Å². The lowest BCUT2D eigenvalue weighted by molar-refractivity contribution is -0.128. The minimum Gasteiger partial charge on any atom is -0.478 e. The fraction of sp³-hybridized carbons (Fsp3) is 0.250. The molecule has 6 nitrogen and oxygen atoms in total. The third-order valence-corrected chi connectivity index (χ3v) is 3.93. The second kappa shape index (κ2) is 8.80. The van der Waals surface area contributed by atoms with Crippen LogP contribution in [0.25, 0.3) is 0 Å². The predicted octanol–water partition coefficient (Wildman–Crippen LogP) is 2.59. The van der Waals surface area contributed by atoms with Crippen LogP contribution in [-0.4, -0.2) is 41.9 Å². The number of nitrogens with one attached hydrogen (secondary N) is 1. The molecule has 0 radical (unpaired) electrons. The number of likely N-dealkylation sites (N-methyl/N-ethyl adjacent to an activating group) is 1. The number of anilines is 1. The van der Waals surface area contributed by atoms with E-state index in [4.69, 9.17) is 5.11 Å². The Labute approximate surface area is 152 Å². The van der Waals surface area contributed by atoms with Crippen LogP contribution in [0, 0.1) is 0 Å². The number of carbonyl (C=O) groups is 3. The number of carbonyl (C=O) groups excluding carboxylic acids is 2. The zero-order valence-electron chi connectivity index (χ0n) is 14.9. The largest absolute Gasteiger partial charge is 0.478 e. The lowest BCUT2D eigenvalue weighted by Gasteiger charge is -2.10. The molecule has 2 aromatic carbocycles. The molecule has 0 fully saturated rings. The van der Waals surface area contributed by atoms with Crippen LogP contribution in [-0.2, 0) is 22.4 Å². The number of aromatic carboxylic acids is 1. The molecular weight excluding hydrogens is 332 g/mol. The molecule has 6 heteroatoms. The molecule has 26 heavy (non-hydrogen) atoms. The van der Waals surface area contributed by atoms with Gasteiger partial charge in [0, 0.05) is 26.2 Å². The van der Waals surface area contributed by atoms with E-state index in [0.717, 1.165) is 11.1 Å². The first kappa shape index (κ1) is 19.2. The molecule has 2 amide bonds. The molecule has 2 rings (SSSR count). The van der Waals surface area contributed by atoms with E-state index in [2.05, 4.69) is 5.32 Å². The number of rotatable bonds is 7. The van der Waals surface area contributed by atoms with Crippen molar-refractivity contribution in [3.8, 4) is 0 Å². The summed E-state index contributed by atoms with van der Waals surface area (Å²) in [4.78, 5) is 36.1. The van der Waals surface area contributed by atoms with Crippen molar-refractivity contribution in [1.82, 2.24) is 4.90 Å². The summed E-state index contributed by atoms with van der Waals surface area (Å²) in [5.74, 6) is -1.06. The van der Waals surface area contributed by atoms with Crippen molar-refractivity contribution in [3.63, 3.8) is 0 Å². The maximum atomic E-state index is 12.0. The Morgan fingerprint density at radius 3 is 2.04 bits per heavy atom. The molecule has 0 aliphatic heterocycles. The number of carboxylic acids is 1. The maximum absolute atomic E-state index is 12.0. The van der Waals surface area contributed by atoms with Gasteiger partial charge in [-0.3, -0.25) is 9.59 Å². The second-order valence-corrected chi connectivity index (χ2v) is 6.21.